The quantitative estimate of drug-likeness (QED) is 0.520. The van der Waals surface area contributed by atoms with Gasteiger partial charge in [0.1, 0.15) is 0 Å². The molecule has 0 amide bonds. The van der Waals surface area contributed by atoms with Crippen molar-refractivity contribution in [2.45, 2.75) is 97.8 Å². The summed E-state index contributed by atoms with van der Waals surface area (Å²) in [5.74, 6) is 0. The van der Waals surface area contributed by atoms with Crippen LogP contribution < -0.4 is 19.9 Å². The van der Waals surface area contributed by atoms with Gasteiger partial charge in [-0.15, -0.1) is 0 Å². The van der Waals surface area contributed by atoms with Crippen LogP contribution >= 0.6 is 0 Å². The van der Waals surface area contributed by atoms with Crippen LogP contribution in [0.2, 0.25) is 0 Å². The number of hydrogen-bond donors (Lipinski definition) is 4. The van der Waals surface area contributed by atoms with Crippen LogP contribution in [0, 0.1) is 0 Å². The SMILES string of the molecule is CC(C)N[Si](NC(C)C)(NC(C)C)NC1CCCCC1. The van der Waals surface area contributed by atoms with E-state index < -0.39 is 8.72 Å². The van der Waals surface area contributed by atoms with Crippen molar-refractivity contribution < 1.29 is 0 Å². The van der Waals surface area contributed by atoms with E-state index in [1.165, 1.54) is 32.1 Å². The van der Waals surface area contributed by atoms with Gasteiger partial charge >= 0.3 is 8.72 Å². The maximum absolute atomic E-state index is 3.97. The number of hydrogen-bond acceptors (Lipinski definition) is 4. The summed E-state index contributed by atoms with van der Waals surface area (Å²) >= 11 is 0. The van der Waals surface area contributed by atoms with Crippen molar-refractivity contribution in [1.29, 1.82) is 0 Å². The molecular weight excluding hydrogens is 264 g/mol. The predicted octanol–water partition coefficient (Wildman–Crippen LogP) is 2.34. The van der Waals surface area contributed by atoms with Gasteiger partial charge in [-0.2, -0.15) is 0 Å². The largest absolute Gasteiger partial charge is 0.366 e. The van der Waals surface area contributed by atoms with E-state index >= 15 is 0 Å². The summed E-state index contributed by atoms with van der Waals surface area (Å²) in [7, 11) is -2.07. The molecule has 0 atom stereocenters. The van der Waals surface area contributed by atoms with Gasteiger partial charge in [-0.05, 0) is 31.0 Å². The van der Waals surface area contributed by atoms with Crippen molar-refractivity contribution in [3.8, 4) is 0 Å². The minimum absolute atomic E-state index is 0.468. The third-order valence-corrected chi connectivity index (χ3v) is 7.41. The summed E-state index contributed by atoms with van der Waals surface area (Å²) in [5.41, 5.74) is 0. The molecule has 0 bridgehead atoms. The molecule has 1 fully saturated rings. The van der Waals surface area contributed by atoms with Crippen LogP contribution in [0.15, 0.2) is 0 Å². The van der Waals surface area contributed by atoms with Crippen LogP contribution in [0.5, 0.6) is 0 Å². The van der Waals surface area contributed by atoms with Gasteiger partial charge in [0.25, 0.3) is 0 Å². The molecule has 0 unspecified atom stereocenters. The lowest BCUT2D eigenvalue weighted by Gasteiger charge is -2.41. The molecule has 4 nitrogen and oxygen atoms in total. The molecule has 20 heavy (non-hydrogen) atoms. The Morgan fingerprint density at radius 2 is 1.10 bits per heavy atom. The van der Waals surface area contributed by atoms with E-state index in [1.54, 1.807) is 0 Å². The molecule has 4 N–H and O–H groups in total. The molecule has 1 rings (SSSR count). The lowest BCUT2D eigenvalue weighted by atomic mass is 9.96. The molecule has 0 spiro atoms. The Hall–Kier alpha value is 0.0569. The summed E-state index contributed by atoms with van der Waals surface area (Å²) in [4.78, 5) is 15.4. The Morgan fingerprint density at radius 3 is 1.45 bits per heavy atom. The van der Waals surface area contributed by atoms with Crippen LogP contribution in [0.4, 0.5) is 0 Å². The Morgan fingerprint density at radius 1 is 0.700 bits per heavy atom. The standard InChI is InChI=1S/C15H36N4Si/c1-12(2)16-20(17-13(3)4,18-14(5)6)19-15-10-8-7-9-11-15/h12-19H,7-11H2,1-6H3. The first kappa shape index (κ1) is 18.1. The van der Waals surface area contributed by atoms with E-state index in [2.05, 4.69) is 61.5 Å². The highest BCUT2D eigenvalue weighted by Crippen LogP contribution is 2.18. The van der Waals surface area contributed by atoms with Crippen molar-refractivity contribution in [3.05, 3.63) is 0 Å². The van der Waals surface area contributed by atoms with Crippen LogP contribution in [-0.4, -0.2) is 32.9 Å². The molecule has 0 aromatic rings. The Labute approximate surface area is 127 Å². The minimum Gasteiger partial charge on any atom is -0.298 e. The summed E-state index contributed by atoms with van der Waals surface area (Å²) in [6, 6.07) is 2.06. The second-order valence-electron chi connectivity index (χ2n) is 7.13. The lowest BCUT2D eigenvalue weighted by Crippen LogP contribution is -2.84. The normalized spacial score (nSPS) is 18.4. The van der Waals surface area contributed by atoms with Gasteiger partial charge in [0.05, 0.1) is 0 Å². The summed E-state index contributed by atoms with van der Waals surface area (Å²) in [6.45, 7) is 13.4. The first-order valence-electron chi connectivity index (χ1n) is 8.44. The van der Waals surface area contributed by atoms with Crippen LogP contribution in [-0.2, 0) is 0 Å². The minimum atomic E-state index is -2.07. The van der Waals surface area contributed by atoms with E-state index in [0.717, 1.165) is 0 Å². The fourth-order valence-corrected chi connectivity index (χ4v) is 7.10. The topological polar surface area (TPSA) is 48.1 Å². The van der Waals surface area contributed by atoms with Gasteiger partial charge in [-0.25, -0.2) is 0 Å². The van der Waals surface area contributed by atoms with E-state index in [4.69, 9.17) is 0 Å². The van der Waals surface area contributed by atoms with E-state index in [0.29, 0.717) is 24.2 Å². The molecule has 0 aromatic carbocycles. The zero-order valence-corrected chi connectivity index (χ0v) is 15.3. The summed E-state index contributed by atoms with van der Waals surface area (Å²) in [6.07, 6.45) is 6.77. The average molecular weight is 301 g/mol. The van der Waals surface area contributed by atoms with Crippen molar-refractivity contribution in [1.82, 2.24) is 19.9 Å². The third-order valence-electron chi connectivity index (χ3n) is 3.54. The van der Waals surface area contributed by atoms with Gasteiger partial charge in [0.2, 0.25) is 0 Å². The van der Waals surface area contributed by atoms with Gasteiger partial charge in [0.15, 0.2) is 0 Å². The molecule has 0 aromatic heterocycles. The molecule has 0 heterocycles. The summed E-state index contributed by atoms with van der Waals surface area (Å²) < 4.78 is 0. The fraction of sp³-hybridized carbons (Fsp3) is 1.00. The Kier molecular flexibility index (Phi) is 7.68. The molecule has 120 valence electrons. The molecule has 1 saturated carbocycles. The van der Waals surface area contributed by atoms with E-state index in [1.807, 2.05) is 0 Å². The smallest absolute Gasteiger partial charge is 0.298 e. The molecule has 1 aliphatic carbocycles. The number of rotatable bonds is 8. The first-order valence-corrected chi connectivity index (χ1v) is 10.4. The second kappa shape index (κ2) is 8.49. The zero-order chi connectivity index (χ0) is 15.2. The third kappa shape index (κ3) is 6.67. The zero-order valence-electron chi connectivity index (χ0n) is 14.3. The van der Waals surface area contributed by atoms with Gasteiger partial charge in [-0.3, -0.25) is 19.9 Å². The number of nitrogens with one attached hydrogen (secondary N) is 4. The predicted molar refractivity (Wildman–Crippen MR) is 90.6 cm³/mol. The van der Waals surface area contributed by atoms with Crippen molar-refractivity contribution >= 4 is 8.72 Å². The molecular formula is C15H36N4Si. The molecule has 1 aliphatic rings. The van der Waals surface area contributed by atoms with Gasteiger partial charge in [-0.1, -0.05) is 60.8 Å². The van der Waals surface area contributed by atoms with Crippen molar-refractivity contribution in [2.75, 3.05) is 0 Å². The van der Waals surface area contributed by atoms with Crippen LogP contribution in [0.3, 0.4) is 0 Å². The van der Waals surface area contributed by atoms with Crippen LogP contribution in [0.25, 0.3) is 0 Å². The molecule has 0 saturated heterocycles. The monoisotopic (exact) mass is 300 g/mol. The highest BCUT2D eigenvalue weighted by Gasteiger charge is 2.39. The summed E-state index contributed by atoms with van der Waals surface area (Å²) in [5, 5.41) is 0. The van der Waals surface area contributed by atoms with Crippen molar-refractivity contribution in [2.24, 2.45) is 0 Å². The van der Waals surface area contributed by atoms with E-state index in [9.17, 15) is 0 Å². The Bertz CT molecular complexity index is 236. The van der Waals surface area contributed by atoms with E-state index in [-0.39, 0.29) is 0 Å². The highest BCUT2D eigenvalue weighted by molar-refractivity contribution is 6.70. The van der Waals surface area contributed by atoms with Gasteiger partial charge in [0, 0.05) is 6.04 Å². The maximum Gasteiger partial charge on any atom is 0.366 e. The molecule has 5 heteroatoms. The molecule has 0 aliphatic heterocycles. The first-order chi connectivity index (χ1) is 9.33. The Balaban J connectivity index is 2.80. The fourth-order valence-electron chi connectivity index (χ4n) is 3.10. The van der Waals surface area contributed by atoms with Crippen LogP contribution in [0.1, 0.15) is 73.6 Å². The maximum atomic E-state index is 3.97. The lowest BCUT2D eigenvalue weighted by molar-refractivity contribution is 0.398. The van der Waals surface area contributed by atoms with Gasteiger partial charge < -0.3 is 0 Å². The average Bonchev–Trinajstić information content (AvgIpc) is 2.26. The van der Waals surface area contributed by atoms with Crippen molar-refractivity contribution in [3.63, 3.8) is 0 Å². The molecule has 0 radical (unpaired) electrons. The highest BCUT2D eigenvalue weighted by atomic mass is 28.4. The second-order valence-corrected chi connectivity index (χ2v) is 9.78.